The minimum Gasteiger partial charge on any atom is -0.339 e. The van der Waals surface area contributed by atoms with E-state index in [0.29, 0.717) is 0 Å². The SMILES string of the molecule is NC1(c2cccc(C(=O)N3CCCCCC3)c2)CC1. The van der Waals surface area contributed by atoms with Crippen LogP contribution < -0.4 is 5.73 Å². The van der Waals surface area contributed by atoms with Crippen molar-refractivity contribution in [2.24, 2.45) is 5.73 Å². The molecule has 1 amide bonds. The third-order valence-electron chi connectivity index (χ3n) is 4.37. The first-order valence-corrected chi connectivity index (χ1v) is 7.38. The molecule has 1 heterocycles. The van der Waals surface area contributed by atoms with E-state index in [1.54, 1.807) is 0 Å². The van der Waals surface area contributed by atoms with Gasteiger partial charge < -0.3 is 10.6 Å². The third kappa shape index (κ3) is 2.66. The van der Waals surface area contributed by atoms with Crippen LogP contribution in [0.5, 0.6) is 0 Å². The summed E-state index contributed by atoms with van der Waals surface area (Å²) in [7, 11) is 0. The highest BCUT2D eigenvalue weighted by molar-refractivity contribution is 5.94. The zero-order valence-corrected chi connectivity index (χ0v) is 11.4. The maximum Gasteiger partial charge on any atom is 0.253 e. The van der Waals surface area contributed by atoms with Gasteiger partial charge in [0.25, 0.3) is 5.91 Å². The van der Waals surface area contributed by atoms with E-state index in [4.69, 9.17) is 5.73 Å². The van der Waals surface area contributed by atoms with E-state index in [2.05, 4.69) is 0 Å². The summed E-state index contributed by atoms with van der Waals surface area (Å²) in [5.41, 5.74) is 7.98. The van der Waals surface area contributed by atoms with E-state index in [9.17, 15) is 4.79 Å². The minimum absolute atomic E-state index is 0.158. The Morgan fingerprint density at radius 2 is 1.79 bits per heavy atom. The van der Waals surface area contributed by atoms with Gasteiger partial charge in [-0.1, -0.05) is 25.0 Å². The molecule has 2 fully saturated rings. The average molecular weight is 258 g/mol. The van der Waals surface area contributed by atoms with Gasteiger partial charge in [-0.25, -0.2) is 0 Å². The number of benzene rings is 1. The molecular weight excluding hydrogens is 236 g/mol. The highest BCUT2D eigenvalue weighted by atomic mass is 16.2. The molecule has 0 radical (unpaired) electrons. The van der Waals surface area contributed by atoms with Crippen LogP contribution in [0.1, 0.15) is 54.4 Å². The monoisotopic (exact) mass is 258 g/mol. The molecule has 19 heavy (non-hydrogen) atoms. The molecule has 2 aliphatic rings. The van der Waals surface area contributed by atoms with E-state index in [1.165, 1.54) is 12.8 Å². The number of nitrogens with two attached hydrogens (primary N) is 1. The lowest BCUT2D eigenvalue weighted by Gasteiger charge is -2.21. The summed E-state index contributed by atoms with van der Waals surface area (Å²) in [6, 6.07) is 7.93. The second kappa shape index (κ2) is 4.97. The predicted molar refractivity (Wildman–Crippen MR) is 75.9 cm³/mol. The molecule has 1 saturated carbocycles. The van der Waals surface area contributed by atoms with Crippen LogP contribution in [0.15, 0.2) is 24.3 Å². The number of carbonyl (C=O) groups excluding carboxylic acids is 1. The summed E-state index contributed by atoms with van der Waals surface area (Å²) in [5.74, 6) is 0.174. The fraction of sp³-hybridized carbons (Fsp3) is 0.562. The van der Waals surface area contributed by atoms with Crippen molar-refractivity contribution in [1.29, 1.82) is 0 Å². The first-order valence-electron chi connectivity index (χ1n) is 7.38. The van der Waals surface area contributed by atoms with Crippen LogP contribution in [0.2, 0.25) is 0 Å². The Morgan fingerprint density at radius 3 is 2.42 bits per heavy atom. The normalized spacial score (nSPS) is 21.8. The molecule has 0 atom stereocenters. The number of hydrogen-bond acceptors (Lipinski definition) is 2. The number of likely N-dealkylation sites (tertiary alicyclic amines) is 1. The highest BCUT2D eigenvalue weighted by Gasteiger charge is 2.40. The number of hydrogen-bond donors (Lipinski definition) is 1. The Labute approximate surface area is 114 Å². The van der Waals surface area contributed by atoms with Gasteiger partial charge >= 0.3 is 0 Å². The van der Waals surface area contributed by atoms with Crippen LogP contribution in [0.4, 0.5) is 0 Å². The molecule has 3 rings (SSSR count). The van der Waals surface area contributed by atoms with Gasteiger partial charge in [-0.2, -0.15) is 0 Å². The maximum absolute atomic E-state index is 12.5. The lowest BCUT2D eigenvalue weighted by molar-refractivity contribution is 0.0761. The van der Waals surface area contributed by atoms with Gasteiger partial charge in [-0.05, 0) is 43.4 Å². The van der Waals surface area contributed by atoms with Crippen molar-refractivity contribution in [3.63, 3.8) is 0 Å². The van der Waals surface area contributed by atoms with Crippen LogP contribution >= 0.6 is 0 Å². The van der Waals surface area contributed by atoms with Gasteiger partial charge in [0.15, 0.2) is 0 Å². The first-order chi connectivity index (χ1) is 9.19. The van der Waals surface area contributed by atoms with Crippen LogP contribution in [0.25, 0.3) is 0 Å². The van der Waals surface area contributed by atoms with Gasteiger partial charge in [-0.3, -0.25) is 4.79 Å². The smallest absolute Gasteiger partial charge is 0.253 e. The van der Waals surface area contributed by atoms with Crippen molar-refractivity contribution >= 4 is 5.91 Å². The summed E-state index contributed by atoms with van der Waals surface area (Å²) in [6.07, 6.45) is 6.83. The van der Waals surface area contributed by atoms with Crippen molar-refractivity contribution < 1.29 is 4.79 Å². The van der Waals surface area contributed by atoms with Gasteiger partial charge in [0.2, 0.25) is 0 Å². The molecule has 3 nitrogen and oxygen atoms in total. The summed E-state index contributed by atoms with van der Waals surface area (Å²) in [6.45, 7) is 1.80. The molecule has 0 bridgehead atoms. The van der Waals surface area contributed by atoms with E-state index in [0.717, 1.165) is 49.9 Å². The van der Waals surface area contributed by atoms with E-state index < -0.39 is 0 Å². The zero-order valence-electron chi connectivity index (χ0n) is 11.4. The number of rotatable bonds is 2. The molecule has 1 aromatic rings. The number of carbonyl (C=O) groups is 1. The van der Waals surface area contributed by atoms with Gasteiger partial charge in [0.05, 0.1) is 0 Å². The molecular formula is C16H22N2O. The van der Waals surface area contributed by atoms with Gasteiger partial charge in [0.1, 0.15) is 0 Å². The Bertz CT molecular complexity index is 471. The predicted octanol–water partition coefficient (Wildman–Crippen LogP) is 2.65. The molecule has 0 aromatic heterocycles. The number of nitrogens with zero attached hydrogens (tertiary/aromatic N) is 1. The van der Waals surface area contributed by atoms with Crippen molar-refractivity contribution in [3.05, 3.63) is 35.4 Å². The van der Waals surface area contributed by atoms with Crippen molar-refractivity contribution in [3.8, 4) is 0 Å². The topological polar surface area (TPSA) is 46.3 Å². The molecule has 1 aliphatic carbocycles. The van der Waals surface area contributed by atoms with E-state index in [-0.39, 0.29) is 11.4 Å². The number of amides is 1. The highest BCUT2D eigenvalue weighted by Crippen LogP contribution is 2.42. The lowest BCUT2D eigenvalue weighted by atomic mass is 10.0. The Kier molecular flexibility index (Phi) is 3.31. The van der Waals surface area contributed by atoms with Crippen molar-refractivity contribution in [1.82, 2.24) is 4.90 Å². The Morgan fingerprint density at radius 1 is 1.11 bits per heavy atom. The van der Waals surface area contributed by atoms with E-state index in [1.807, 2.05) is 29.2 Å². The molecule has 1 aliphatic heterocycles. The molecule has 3 heteroatoms. The third-order valence-corrected chi connectivity index (χ3v) is 4.37. The molecule has 102 valence electrons. The standard InChI is InChI=1S/C16H22N2O/c17-16(8-9-16)14-7-5-6-13(12-14)15(19)18-10-3-1-2-4-11-18/h5-7,12H,1-4,8-11,17H2. The summed E-state index contributed by atoms with van der Waals surface area (Å²) >= 11 is 0. The van der Waals surface area contributed by atoms with Crippen molar-refractivity contribution in [2.45, 2.75) is 44.1 Å². The molecule has 1 aromatic carbocycles. The van der Waals surface area contributed by atoms with Crippen LogP contribution in [-0.4, -0.2) is 23.9 Å². The van der Waals surface area contributed by atoms with E-state index >= 15 is 0 Å². The van der Waals surface area contributed by atoms with Crippen LogP contribution in [-0.2, 0) is 5.54 Å². The summed E-state index contributed by atoms with van der Waals surface area (Å²) in [5, 5.41) is 0. The largest absolute Gasteiger partial charge is 0.339 e. The minimum atomic E-state index is -0.158. The Balaban J connectivity index is 1.79. The molecule has 1 saturated heterocycles. The second-order valence-electron chi connectivity index (χ2n) is 5.94. The van der Waals surface area contributed by atoms with Crippen molar-refractivity contribution in [2.75, 3.05) is 13.1 Å². The fourth-order valence-electron chi connectivity index (χ4n) is 2.84. The quantitative estimate of drug-likeness (QED) is 0.886. The maximum atomic E-state index is 12.5. The average Bonchev–Trinajstić information content (AvgIpc) is 3.22. The summed E-state index contributed by atoms with van der Waals surface area (Å²) in [4.78, 5) is 14.5. The fourth-order valence-corrected chi connectivity index (χ4v) is 2.84. The van der Waals surface area contributed by atoms with Gasteiger partial charge in [0, 0.05) is 24.2 Å². The molecule has 0 unspecified atom stereocenters. The first kappa shape index (κ1) is 12.7. The second-order valence-corrected chi connectivity index (χ2v) is 5.94. The zero-order chi connectivity index (χ0) is 13.3. The summed E-state index contributed by atoms with van der Waals surface area (Å²) < 4.78 is 0. The van der Waals surface area contributed by atoms with Crippen LogP contribution in [0, 0.1) is 0 Å². The molecule has 0 spiro atoms. The Hall–Kier alpha value is -1.35. The van der Waals surface area contributed by atoms with Crippen LogP contribution in [0.3, 0.4) is 0 Å². The molecule has 2 N–H and O–H groups in total. The van der Waals surface area contributed by atoms with Gasteiger partial charge in [-0.15, -0.1) is 0 Å². The lowest BCUT2D eigenvalue weighted by Crippen LogP contribution is -2.32.